The number of isocyanates is 1. The molecule has 0 aromatic heterocycles. The monoisotopic (exact) mass is 337 g/mol. The van der Waals surface area contributed by atoms with Gasteiger partial charge in [0, 0.05) is 8.04 Å². The molecule has 0 spiro atoms. The van der Waals surface area contributed by atoms with Crippen molar-refractivity contribution in [3.63, 3.8) is 0 Å². The van der Waals surface area contributed by atoms with Crippen LogP contribution in [0.15, 0.2) is 21.6 Å². The lowest BCUT2D eigenvalue weighted by Gasteiger charge is -2.02. The molecule has 1 aromatic carbocycles. The third-order valence-corrected chi connectivity index (χ3v) is 3.69. The van der Waals surface area contributed by atoms with Gasteiger partial charge in [-0.1, -0.05) is 15.9 Å². The molecule has 0 bridgehead atoms. The second-order valence-corrected chi connectivity index (χ2v) is 4.14. The Balaban J connectivity index is 3.35. The van der Waals surface area contributed by atoms with Crippen LogP contribution in [0.4, 0.5) is 5.69 Å². The van der Waals surface area contributed by atoms with Gasteiger partial charge >= 0.3 is 0 Å². The Morgan fingerprint density at radius 2 is 2.25 bits per heavy atom. The molecule has 0 saturated heterocycles. The van der Waals surface area contributed by atoms with Gasteiger partial charge in [-0.05, 0) is 47.2 Å². The van der Waals surface area contributed by atoms with E-state index < -0.39 is 0 Å². The number of aliphatic imine (C=N–C) groups is 1. The fourth-order valence-corrected chi connectivity index (χ4v) is 2.07. The van der Waals surface area contributed by atoms with Crippen molar-refractivity contribution in [3.8, 4) is 0 Å². The molecule has 12 heavy (non-hydrogen) atoms. The van der Waals surface area contributed by atoms with E-state index in [1.807, 2.05) is 13.0 Å². The van der Waals surface area contributed by atoms with E-state index in [2.05, 4.69) is 43.5 Å². The van der Waals surface area contributed by atoms with Gasteiger partial charge in [-0.2, -0.15) is 4.99 Å². The molecular weight excluding hydrogens is 333 g/mol. The third kappa shape index (κ3) is 1.94. The molecule has 0 saturated carbocycles. The van der Waals surface area contributed by atoms with Crippen LogP contribution >= 0.6 is 38.5 Å². The summed E-state index contributed by atoms with van der Waals surface area (Å²) in [7, 11) is 0. The zero-order chi connectivity index (χ0) is 9.14. The van der Waals surface area contributed by atoms with Crippen LogP contribution in [0.2, 0.25) is 0 Å². The largest absolute Gasteiger partial charge is 0.240 e. The first kappa shape index (κ1) is 9.89. The third-order valence-electron chi connectivity index (χ3n) is 1.47. The molecule has 0 atom stereocenters. The van der Waals surface area contributed by atoms with Gasteiger partial charge in [0.05, 0.1) is 5.69 Å². The number of benzene rings is 1. The summed E-state index contributed by atoms with van der Waals surface area (Å²) in [6, 6.07) is 3.65. The molecule has 1 rings (SSSR count). The van der Waals surface area contributed by atoms with Crippen molar-refractivity contribution >= 4 is 50.3 Å². The molecule has 0 aliphatic heterocycles. The van der Waals surface area contributed by atoms with Crippen LogP contribution in [-0.4, -0.2) is 6.08 Å². The topological polar surface area (TPSA) is 29.4 Å². The SMILES string of the molecule is Cc1c(Br)ccc(N=C=O)c1I. The molecule has 2 nitrogen and oxygen atoms in total. The average molecular weight is 338 g/mol. The number of rotatable bonds is 1. The van der Waals surface area contributed by atoms with Gasteiger partial charge in [-0.15, -0.1) is 0 Å². The fourth-order valence-electron chi connectivity index (χ4n) is 0.783. The molecule has 62 valence electrons. The van der Waals surface area contributed by atoms with Gasteiger partial charge < -0.3 is 0 Å². The van der Waals surface area contributed by atoms with Crippen molar-refractivity contribution < 1.29 is 4.79 Å². The van der Waals surface area contributed by atoms with Gasteiger partial charge in [0.2, 0.25) is 6.08 Å². The van der Waals surface area contributed by atoms with Crippen molar-refractivity contribution in [1.29, 1.82) is 0 Å². The molecular formula is C8H5BrINO. The highest BCUT2D eigenvalue weighted by Crippen LogP contribution is 2.29. The average Bonchev–Trinajstić information content (AvgIpc) is 2.07. The zero-order valence-corrected chi connectivity index (χ0v) is 10.0. The second-order valence-electron chi connectivity index (χ2n) is 2.21. The molecule has 1 aromatic rings. The molecule has 0 aliphatic carbocycles. The van der Waals surface area contributed by atoms with Gasteiger partial charge in [-0.25, -0.2) is 4.79 Å². The first-order valence-corrected chi connectivity index (χ1v) is 5.06. The summed E-state index contributed by atoms with van der Waals surface area (Å²) < 4.78 is 2.00. The summed E-state index contributed by atoms with van der Waals surface area (Å²) in [4.78, 5) is 13.6. The maximum atomic E-state index is 10.0. The van der Waals surface area contributed by atoms with Gasteiger partial charge in [-0.3, -0.25) is 0 Å². The minimum absolute atomic E-state index is 0.673. The Hall–Kier alpha value is -0.190. The first-order chi connectivity index (χ1) is 5.66. The Morgan fingerprint density at radius 3 is 2.83 bits per heavy atom. The number of hydrogen-bond donors (Lipinski definition) is 0. The summed E-state index contributed by atoms with van der Waals surface area (Å²) in [5.74, 6) is 0. The van der Waals surface area contributed by atoms with Crippen molar-refractivity contribution in [3.05, 3.63) is 25.7 Å². The lowest BCUT2D eigenvalue weighted by Crippen LogP contribution is -1.82. The highest BCUT2D eigenvalue weighted by molar-refractivity contribution is 14.1. The second kappa shape index (κ2) is 4.16. The Bertz CT molecular complexity index is 358. The summed E-state index contributed by atoms with van der Waals surface area (Å²) in [5, 5.41) is 0. The van der Waals surface area contributed by atoms with E-state index in [4.69, 9.17) is 0 Å². The van der Waals surface area contributed by atoms with E-state index in [0.29, 0.717) is 5.69 Å². The van der Waals surface area contributed by atoms with E-state index in [0.717, 1.165) is 13.6 Å². The number of hydrogen-bond acceptors (Lipinski definition) is 2. The quantitative estimate of drug-likeness (QED) is 0.439. The van der Waals surface area contributed by atoms with Crippen LogP contribution in [0, 0.1) is 10.5 Å². The molecule has 0 amide bonds. The van der Waals surface area contributed by atoms with Crippen LogP contribution in [-0.2, 0) is 4.79 Å². The summed E-state index contributed by atoms with van der Waals surface area (Å²) in [5.41, 5.74) is 1.76. The van der Waals surface area contributed by atoms with E-state index in [-0.39, 0.29) is 0 Å². The highest BCUT2D eigenvalue weighted by atomic mass is 127. The predicted molar refractivity (Wildman–Crippen MR) is 59.4 cm³/mol. The number of nitrogens with zero attached hydrogens (tertiary/aromatic N) is 1. The van der Waals surface area contributed by atoms with Crippen LogP contribution in [0.5, 0.6) is 0 Å². The predicted octanol–water partition coefficient (Wildman–Crippen LogP) is 3.33. The van der Waals surface area contributed by atoms with Crippen molar-refractivity contribution in [2.75, 3.05) is 0 Å². The Labute approximate surface area is 92.3 Å². The standard InChI is InChI=1S/C8H5BrINO/c1-5-6(9)2-3-7(8(5)10)11-4-12/h2-3H,1H3. The van der Waals surface area contributed by atoms with Crippen LogP contribution in [0.1, 0.15) is 5.56 Å². The highest BCUT2D eigenvalue weighted by Gasteiger charge is 2.04. The molecule has 0 aliphatic rings. The lowest BCUT2D eigenvalue weighted by atomic mass is 10.2. The molecule has 0 fully saturated rings. The van der Waals surface area contributed by atoms with Gasteiger partial charge in [0.25, 0.3) is 0 Å². The summed E-state index contributed by atoms with van der Waals surface area (Å²) >= 11 is 5.54. The number of halogens is 2. The van der Waals surface area contributed by atoms with Crippen LogP contribution in [0.3, 0.4) is 0 Å². The normalized spacial score (nSPS) is 9.25. The molecule has 4 heteroatoms. The zero-order valence-electron chi connectivity index (χ0n) is 6.27. The Kier molecular flexibility index (Phi) is 3.43. The van der Waals surface area contributed by atoms with E-state index in [1.54, 1.807) is 6.07 Å². The lowest BCUT2D eigenvalue weighted by molar-refractivity contribution is 0.565. The van der Waals surface area contributed by atoms with E-state index in [1.165, 1.54) is 6.08 Å². The molecule has 0 unspecified atom stereocenters. The van der Waals surface area contributed by atoms with Crippen LogP contribution < -0.4 is 0 Å². The number of carbonyl (C=O) groups excluding carboxylic acids is 1. The van der Waals surface area contributed by atoms with Crippen LogP contribution in [0.25, 0.3) is 0 Å². The van der Waals surface area contributed by atoms with E-state index in [9.17, 15) is 4.79 Å². The van der Waals surface area contributed by atoms with Crippen molar-refractivity contribution in [2.24, 2.45) is 4.99 Å². The minimum atomic E-state index is 0.673. The van der Waals surface area contributed by atoms with Gasteiger partial charge in [0.1, 0.15) is 0 Å². The smallest absolute Gasteiger partial charge is 0.211 e. The molecule has 0 N–H and O–H groups in total. The van der Waals surface area contributed by atoms with Crippen molar-refractivity contribution in [1.82, 2.24) is 0 Å². The molecule has 0 heterocycles. The maximum Gasteiger partial charge on any atom is 0.240 e. The first-order valence-electron chi connectivity index (χ1n) is 3.19. The minimum Gasteiger partial charge on any atom is -0.211 e. The van der Waals surface area contributed by atoms with Crippen molar-refractivity contribution in [2.45, 2.75) is 6.92 Å². The summed E-state index contributed by atoms with van der Waals surface area (Å²) in [6.07, 6.45) is 1.53. The Morgan fingerprint density at radius 1 is 1.58 bits per heavy atom. The molecule has 0 radical (unpaired) electrons. The van der Waals surface area contributed by atoms with Gasteiger partial charge in [0.15, 0.2) is 0 Å². The summed E-state index contributed by atoms with van der Waals surface area (Å²) in [6.45, 7) is 1.97. The maximum absolute atomic E-state index is 10.0. The van der Waals surface area contributed by atoms with E-state index >= 15 is 0 Å². The fraction of sp³-hybridized carbons (Fsp3) is 0.125.